The Balaban J connectivity index is 1.78. The highest BCUT2D eigenvalue weighted by Crippen LogP contribution is 2.35. The first-order valence-corrected chi connectivity index (χ1v) is 11.4. The van der Waals surface area contributed by atoms with E-state index in [0.29, 0.717) is 5.13 Å². The predicted octanol–water partition coefficient (Wildman–Crippen LogP) is 3.13. The molecular formula is C19H16N4O7S3. The van der Waals surface area contributed by atoms with E-state index in [0.717, 1.165) is 11.8 Å². The molecule has 172 valence electrons. The van der Waals surface area contributed by atoms with E-state index in [1.165, 1.54) is 46.7 Å². The molecule has 1 fully saturated rings. The number of nitro groups is 1. The van der Waals surface area contributed by atoms with Crippen molar-refractivity contribution in [3.05, 3.63) is 50.4 Å². The maximum atomic E-state index is 12.7. The van der Waals surface area contributed by atoms with Crippen LogP contribution in [0.5, 0.6) is 5.75 Å². The van der Waals surface area contributed by atoms with Gasteiger partial charge in [0.1, 0.15) is 10.1 Å². The molecule has 3 rings (SSSR count). The topological polar surface area (TPSA) is 152 Å². The Morgan fingerprint density at radius 2 is 2.18 bits per heavy atom. The number of hydrogen-bond donors (Lipinski definition) is 2. The van der Waals surface area contributed by atoms with E-state index in [4.69, 9.17) is 22.1 Å². The summed E-state index contributed by atoms with van der Waals surface area (Å²) in [6.45, 7) is -0.238. The van der Waals surface area contributed by atoms with Crippen LogP contribution < -0.4 is 10.1 Å². The maximum Gasteiger partial charge on any atom is 0.303 e. The highest BCUT2D eigenvalue weighted by atomic mass is 32.2. The summed E-state index contributed by atoms with van der Waals surface area (Å²) in [7, 11) is 0. The maximum absolute atomic E-state index is 12.7. The Labute approximate surface area is 200 Å². The van der Waals surface area contributed by atoms with Crippen molar-refractivity contribution in [2.45, 2.75) is 12.8 Å². The second kappa shape index (κ2) is 11.0. The second-order valence-electron chi connectivity index (χ2n) is 6.48. The number of thiocarbonyl (C=S) groups is 1. The van der Waals surface area contributed by atoms with Crippen molar-refractivity contribution >= 4 is 74.3 Å². The van der Waals surface area contributed by atoms with Crippen LogP contribution in [0.4, 0.5) is 10.8 Å². The molecule has 0 saturated carbocycles. The number of carbonyl (C=O) groups excluding carboxylic acids is 2. The van der Waals surface area contributed by atoms with Gasteiger partial charge in [0.15, 0.2) is 11.7 Å². The van der Waals surface area contributed by atoms with Gasteiger partial charge in [-0.2, -0.15) is 0 Å². The van der Waals surface area contributed by atoms with Gasteiger partial charge in [0.25, 0.3) is 17.5 Å². The van der Waals surface area contributed by atoms with Crippen LogP contribution >= 0.6 is 35.3 Å². The van der Waals surface area contributed by atoms with Gasteiger partial charge < -0.3 is 9.84 Å². The lowest BCUT2D eigenvalue weighted by Gasteiger charge is -2.13. The standard InChI is InChI=1S/C19H16N4O7S3/c24-15(21-18-20-5-7-32-18)10-30-13-4-3-12(23(28)29)8-11(13)9-14-17(27)22(19(31)33-14)6-1-2-16(25)26/h3-5,7-9H,1-2,6,10H2,(H,25,26)(H,20,21,24)/b14-9-. The van der Waals surface area contributed by atoms with Crippen LogP contribution in [0.1, 0.15) is 18.4 Å². The fourth-order valence-electron chi connectivity index (χ4n) is 2.70. The van der Waals surface area contributed by atoms with Crippen LogP contribution in [0, 0.1) is 10.1 Å². The first kappa shape index (κ1) is 24.3. The smallest absolute Gasteiger partial charge is 0.303 e. The number of amides is 2. The SMILES string of the molecule is O=C(O)CCCN1C(=O)/C(=C/c2cc([N+](=O)[O-])ccc2OCC(=O)Nc2nccs2)SC1=S. The number of hydrogen-bond acceptors (Lipinski definition) is 10. The Hall–Kier alpha value is -3.36. The molecule has 33 heavy (non-hydrogen) atoms. The zero-order valence-corrected chi connectivity index (χ0v) is 19.2. The number of ether oxygens (including phenoxy) is 1. The summed E-state index contributed by atoms with van der Waals surface area (Å²) in [5, 5.41) is 24.6. The average Bonchev–Trinajstić information content (AvgIpc) is 3.35. The summed E-state index contributed by atoms with van der Waals surface area (Å²) >= 11 is 7.45. The number of non-ortho nitro benzene ring substituents is 1. The van der Waals surface area contributed by atoms with Crippen molar-refractivity contribution in [2.75, 3.05) is 18.5 Å². The van der Waals surface area contributed by atoms with Gasteiger partial charge >= 0.3 is 5.97 Å². The van der Waals surface area contributed by atoms with Gasteiger partial charge in [-0.05, 0) is 18.6 Å². The van der Waals surface area contributed by atoms with Gasteiger partial charge in [-0.25, -0.2) is 4.98 Å². The van der Waals surface area contributed by atoms with E-state index < -0.39 is 22.7 Å². The van der Waals surface area contributed by atoms with Crippen LogP contribution in [0.3, 0.4) is 0 Å². The average molecular weight is 509 g/mol. The summed E-state index contributed by atoms with van der Waals surface area (Å²) in [5.74, 6) is -1.73. The number of rotatable bonds is 10. The molecule has 1 saturated heterocycles. The molecule has 2 amide bonds. The Kier molecular flexibility index (Phi) is 8.08. The first-order chi connectivity index (χ1) is 15.7. The second-order valence-corrected chi connectivity index (χ2v) is 9.05. The van der Waals surface area contributed by atoms with Crippen molar-refractivity contribution in [3.63, 3.8) is 0 Å². The number of thiazole rings is 1. The number of carbonyl (C=O) groups is 3. The van der Waals surface area contributed by atoms with Crippen LogP contribution in [0.25, 0.3) is 6.08 Å². The number of anilines is 1. The van der Waals surface area contributed by atoms with Crippen LogP contribution in [0.2, 0.25) is 0 Å². The molecule has 14 heteroatoms. The van der Waals surface area contributed by atoms with Crippen LogP contribution in [-0.4, -0.2) is 55.2 Å². The fraction of sp³-hybridized carbons (Fsp3) is 0.211. The highest BCUT2D eigenvalue weighted by molar-refractivity contribution is 8.26. The van der Waals surface area contributed by atoms with E-state index in [-0.39, 0.29) is 52.2 Å². The lowest BCUT2D eigenvalue weighted by Crippen LogP contribution is -2.29. The van der Waals surface area contributed by atoms with Gasteiger partial charge in [0.2, 0.25) is 0 Å². The molecule has 0 unspecified atom stereocenters. The van der Waals surface area contributed by atoms with Gasteiger partial charge in [0, 0.05) is 42.2 Å². The molecule has 1 aromatic heterocycles. The number of nitro benzene ring substituents is 1. The first-order valence-electron chi connectivity index (χ1n) is 9.32. The number of nitrogens with one attached hydrogen (secondary N) is 1. The quantitative estimate of drug-likeness (QED) is 0.212. The minimum absolute atomic E-state index is 0.109. The number of carboxylic acid groups (broad SMARTS) is 1. The Bertz CT molecular complexity index is 1130. The number of benzene rings is 1. The predicted molar refractivity (Wildman–Crippen MR) is 126 cm³/mol. The van der Waals surface area contributed by atoms with Gasteiger partial charge in [-0.3, -0.25) is 34.7 Å². The molecule has 0 bridgehead atoms. The zero-order valence-electron chi connectivity index (χ0n) is 16.8. The molecule has 2 N–H and O–H groups in total. The molecule has 0 aliphatic carbocycles. The van der Waals surface area contributed by atoms with Gasteiger partial charge in [-0.1, -0.05) is 24.0 Å². The van der Waals surface area contributed by atoms with E-state index in [1.54, 1.807) is 5.38 Å². The molecular weight excluding hydrogens is 492 g/mol. The molecule has 11 nitrogen and oxygen atoms in total. The van der Waals surface area contributed by atoms with E-state index in [1.807, 2.05) is 0 Å². The lowest BCUT2D eigenvalue weighted by atomic mass is 10.1. The van der Waals surface area contributed by atoms with Gasteiger partial charge in [-0.15, -0.1) is 11.3 Å². The molecule has 0 radical (unpaired) electrons. The van der Waals surface area contributed by atoms with Gasteiger partial charge in [0.05, 0.1) is 9.83 Å². The number of thioether (sulfide) groups is 1. The van der Waals surface area contributed by atoms with Crippen molar-refractivity contribution in [1.82, 2.24) is 9.88 Å². The highest BCUT2D eigenvalue weighted by Gasteiger charge is 2.32. The minimum atomic E-state index is -0.978. The molecule has 0 spiro atoms. The monoisotopic (exact) mass is 508 g/mol. The summed E-state index contributed by atoms with van der Waals surface area (Å²) < 4.78 is 5.80. The molecule has 1 aliphatic heterocycles. The van der Waals surface area contributed by atoms with Crippen LogP contribution in [-0.2, 0) is 14.4 Å². The third-order valence-electron chi connectivity index (χ3n) is 4.17. The van der Waals surface area contributed by atoms with E-state index >= 15 is 0 Å². The molecule has 1 aromatic carbocycles. The van der Waals surface area contributed by atoms with E-state index in [9.17, 15) is 24.5 Å². The number of carboxylic acids is 1. The number of aromatic nitrogens is 1. The van der Waals surface area contributed by atoms with Crippen molar-refractivity contribution in [2.24, 2.45) is 0 Å². The third-order valence-corrected chi connectivity index (χ3v) is 6.24. The molecule has 2 heterocycles. The molecule has 0 atom stereocenters. The van der Waals surface area contributed by atoms with Crippen molar-refractivity contribution in [3.8, 4) is 5.75 Å². The number of nitrogens with zero attached hydrogens (tertiary/aromatic N) is 3. The van der Waals surface area contributed by atoms with E-state index in [2.05, 4.69) is 10.3 Å². The zero-order chi connectivity index (χ0) is 24.0. The normalized spacial score (nSPS) is 14.5. The van der Waals surface area contributed by atoms with Crippen LogP contribution in [0.15, 0.2) is 34.7 Å². The number of aliphatic carboxylic acids is 1. The summed E-state index contributed by atoms with van der Waals surface area (Å²) in [6, 6.07) is 3.79. The third kappa shape index (κ3) is 6.57. The molecule has 2 aromatic rings. The Morgan fingerprint density at radius 3 is 2.85 bits per heavy atom. The fourth-order valence-corrected chi connectivity index (χ4v) is 4.54. The Morgan fingerprint density at radius 1 is 1.39 bits per heavy atom. The van der Waals surface area contributed by atoms with Crippen molar-refractivity contribution < 1.29 is 29.2 Å². The van der Waals surface area contributed by atoms with Crippen molar-refractivity contribution in [1.29, 1.82) is 0 Å². The summed E-state index contributed by atoms with van der Waals surface area (Å²) in [6.07, 6.45) is 3.06. The molecule has 1 aliphatic rings. The summed E-state index contributed by atoms with van der Waals surface area (Å²) in [5.41, 5.74) is -0.00458. The summed E-state index contributed by atoms with van der Waals surface area (Å²) in [4.78, 5) is 51.6. The minimum Gasteiger partial charge on any atom is -0.483 e. The lowest BCUT2D eigenvalue weighted by molar-refractivity contribution is -0.384. The largest absolute Gasteiger partial charge is 0.483 e.